The van der Waals surface area contributed by atoms with Crippen molar-refractivity contribution < 1.29 is 92.0 Å². The summed E-state index contributed by atoms with van der Waals surface area (Å²) in [6, 6.07) is 2.27. The van der Waals surface area contributed by atoms with Gasteiger partial charge in [-0.1, -0.05) is 39.3 Å². The summed E-state index contributed by atoms with van der Waals surface area (Å²) in [6.07, 6.45) is -11.1. The van der Waals surface area contributed by atoms with E-state index >= 15 is 0 Å². The van der Waals surface area contributed by atoms with Crippen LogP contribution in [0.4, 0.5) is 8.78 Å². The highest BCUT2D eigenvalue weighted by Gasteiger charge is 2.69. The van der Waals surface area contributed by atoms with Crippen LogP contribution >= 0.6 is 0 Å². The lowest BCUT2D eigenvalue weighted by molar-refractivity contribution is -0.380. The first-order chi connectivity index (χ1) is 33.3. The summed E-state index contributed by atoms with van der Waals surface area (Å²) in [5, 5.41) is 76.8. The molecule has 0 aromatic heterocycles. The van der Waals surface area contributed by atoms with Crippen molar-refractivity contribution in [1.29, 1.82) is 0 Å². The van der Waals surface area contributed by atoms with Crippen molar-refractivity contribution in [2.45, 2.75) is 196 Å². The highest BCUT2D eigenvalue weighted by atomic mass is 19.1. The van der Waals surface area contributed by atoms with Gasteiger partial charge in [0.2, 0.25) is 0 Å². The van der Waals surface area contributed by atoms with E-state index in [2.05, 4.69) is 33.8 Å². The molecule has 5 unspecified atom stereocenters. The summed E-state index contributed by atoms with van der Waals surface area (Å²) in [7, 11) is 0. The Morgan fingerprint density at radius 2 is 1.51 bits per heavy atom. The standard InChI is InChI=1S/C51H72F2O17/c1-22-10-15-51(63-20-22)23(2)36-33(70-51)18-31-28-8-6-25-16-27(11-13-49(25,4)30(28)12-14-50(31,36)5)65-48-44(69-46-41(59)39(57)37(55)24(3)64-46)42(60)43(34(19-54)66-48)68-47-40(58)38(56)35(67-47)21-62-45(61)29-9-7-26(52)17-32(29)53/h6-7,9,17,22-24,27-28,30-31,33-44,46-48,54-60H,8,10-16,18-21H2,1-5H3/t22-,23+,24+,27+,28?,30?,31?,33?,34-,35+,36?,37+,38+,39-,40-,41-,42+,43-,44-,46-,47-,48-,49+,50+,51-/m1/s1. The van der Waals surface area contributed by atoms with E-state index in [1.54, 1.807) is 0 Å². The molecule has 9 aliphatic rings. The number of rotatable bonds is 10. The number of hydrogen-bond acceptors (Lipinski definition) is 17. The van der Waals surface area contributed by atoms with Crippen molar-refractivity contribution in [1.82, 2.24) is 0 Å². The molecule has 7 N–H and O–H groups in total. The fourth-order valence-corrected chi connectivity index (χ4v) is 14.7. The van der Waals surface area contributed by atoms with Gasteiger partial charge in [0.15, 0.2) is 24.7 Å². The van der Waals surface area contributed by atoms with Crippen LogP contribution in [-0.4, -0.2) is 166 Å². The summed E-state index contributed by atoms with van der Waals surface area (Å²) in [4.78, 5) is 12.6. The minimum absolute atomic E-state index is 0.0687. The fourth-order valence-electron chi connectivity index (χ4n) is 14.7. The van der Waals surface area contributed by atoms with Gasteiger partial charge < -0.3 is 78.4 Å². The average molecular weight is 995 g/mol. The van der Waals surface area contributed by atoms with Gasteiger partial charge in [-0.05, 0) is 111 Å². The average Bonchev–Trinajstić information content (AvgIpc) is 3.89. The van der Waals surface area contributed by atoms with Crippen molar-refractivity contribution in [2.24, 2.45) is 46.3 Å². The zero-order chi connectivity index (χ0) is 49.8. The van der Waals surface area contributed by atoms with Crippen molar-refractivity contribution in [3.05, 3.63) is 47.0 Å². The molecule has 19 heteroatoms. The SMILES string of the molecule is C[C@@H]1CC[C@@]2(OC1)OC1CC3C4CC=C5C[C@@H](O[C@@H]6O[C@H](CO)[C@@H](O[C@H]7O[C@@H](COC(=O)c8ccc(F)cc8F)[C@H](O)[C@H]7O)[C@H](O)[C@H]6O[C@H]6O[C@@H](C)[C@H](O)[C@@H](O)[C@H]6O)CC[C@]5(C)C4CC[C@]3(C)C1[C@@H]2C. The number of allylic oxidation sites excluding steroid dienone is 1. The summed E-state index contributed by atoms with van der Waals surface area (Å²) in [6.45, 7) is 10.3. The first-order valence-corrected chi connectivity index (χ1v) is 25.5. The zero-order valence-electron chi connectivity index (χ0n) is 40.5. The number of aliphatic hydroxyl groups excluding tert-OH is 7. The molecule has 392 valence electrons. The molecular formula is C51H72F2O17. The Labute approximate surface area is 406 Å². The first kappa shape index (κ1) is 51.2. The molecule has 5 saturated heterocycles. The Hall–Kier alpha value is -2.31. The number of hydrogen-bond donors (Lipinski definition) is 7. The Morgan fingerprint density at radius 3 is 2.24 bits per heavy atom. The second kappa shape index (κ2) is 19.4. The van der Waals surface area contributed by atoms with Crippen LogP contribution in [0.1, 0.15) is 103 Å². The second-order valence-electron chi connectivity index (χ2n) is 22.6. The molecule has 3 saturated carbocycles. The third-order valence-corrected chi connectivity index (χ3v) is 18.7. The molecule has 0 bridgehead atoms. The highest BCUT2D eigenvalue weighted by Crippen LogP contribution is 2.70. The molecule has 0 amide bonds. The van der Waals surface area contributed by atoms with Gasteiger partial charge in [0.25, 0.3) is 0 Å². The largest absolute Gasteiger partial charge is 0.459 e. The number of aliphatic hydroxyl groups is 7. The summed E-state index contributed by atoms with van der Waals surface area (Å²) in [5.74, 6) is -0.850. The van der Waals surface area contributed by atoms with Crippen LogP contribution in [0.3, 0.4) is 0 Å². The number of halogens is 2. The van der Waals surface area contributed by atoms with Crippen LogP contribution in [0.15, 0.2) is 29.8 Å². The molecule has 4 aliphatic carbocycles. The minimum atomic E-state index is -1.79. The molecule has 1 aromatic carbocycles. The molecule has 5 aliphatic heterocycles. The van der Waals surface area contributed by atoms with Gasteiger partial charge in [0.1, 0.15) is 79.3 Å². The van der Waals surface area contributed by atoms with E-state index in [0.29, 0.717) is 54.4 Å². The van der Waals surface area contributed by atoms with Crippen LogP contribution in [0, 0.1) is 58.0 Å². The third kappa shape index (κ3) is 8.71. The van der Waals surface area contributed by atoms with Gasteiger partial charge in [-0.15, -0.1) is 0 Å². The van der Waals surface area contributed by atoms with E-state index in [0.717, 1.165) is 63.7 Å². The number of fused-ring (bicyclic) bond motifs is 7. The lowest BCUT2D eigenvalue weighted by Gasteiger charge is -2.58. The monoisotopic (exact) mass is 994 g/mol. The minimum Gasteiger partial charge on any atom is -0.459 e. The van der Waals surface area contributed by atoms with Crippen molar-refractivity contribution >= 4 is 5.97 Å². The maximum absolute atomic E-state index is 14.2. The molecular weight excluding hydrogens is 923 g/mol. The van der Waals surface area contributed by atoms with Crippen LogP contribution < -0.4 is 0 Å². The van der Waals surface area contributed by atoms with Crippen LogP contribution in [0.25, 0.3) is 0 Å². The topological polar surface area (TPSA) is 242 Å². The fraction of sp³-hybridized carbons (Fsp3) is 0.824. The van der Waals surface area contributed by atoms with Crippen molar-refractivity contribution in [3.63, 3.8) is 0 Å². The lowest BCUT2D eigenvalue weighted by Crippen LogP contribution is -2.65. The van der Waals surface area contributed by atoms with Gasteiger partial charge in [-0.25, -0.2) is 13.6 Å². The normalized spacial score (nSPS) is 51.0. The quantitative estimate of drug-likeness (QED) is 0.132. The number of carbonyl (C=O) groups is 1. The molecule has 1 aromatic rings. The Morgan fingerprint density at radius 1 is 0.786 bits per heavy atom. The highest BCUT2D eigenvalue weighted by molar-refractivity contribution is 5.89. The number of esters is 1. The Balaban J connectivity index is 0.830. The molecule has 1 spiro atoms. The van der Waals surface area contributed by atoms with Crippen LogP contribution in [-0.2, 0) is 42.6 Å². The van der Waals surface area contributed by atoms with Crippen molar-refractivity contribution in [2.75, 3.05) is 19.8 Å². The van der Waals surface area contributed by atoms with Gasteiger partial charge in [-0.3, -0.25) is 0 Å². The molecule has 70 heavy (non-hydrogen) atoms. The third-order valence-electron chi connectivity index (χ3n) is 18.7. The van der Waals surface area contributed by atoms with Crippen LogP contribution in [0.5, 0.6) is 0 Å². The van der Waals surface area contributed by atoms with Crippen molar-refractivity contribution in [3.8, 4) is 0 Å². The van der Waals surface area contributed by atoms with E-state index in [-0.39, 0.29) is 16.9 Å². The second-order valence-corrected chi connectivity index (χ2v) is 22.6. The number of ether oxygens (including phenoxy) is 9. The summed E-state index contributed by atoms with van der Waals surface area (Å²) in [5.41, 5.74) is 0.829. The van der Waals surface area contributed by atoms with Gasteiger partial charge in [-0.2, -0.15) is 0 Å². The summed E-state index contributed by atoms with van der Waals surface area (Å²) < 4.78 is 83.1. The maximum atomic E-state index is 14.2. The zero-order valence-corrected chi connectivity index (χ0v) is 40.5. The molecule has 5 heterocycles. The van der Waals surface area contributed by atoms with E-state index in [1.807, 2.05) is 0 Å². The molecule has 8 fully saturated rings. The van der Waals surface area contributed by atoms with Gasteiger partial charge in [0, 0.05) is 18.4 Å². The first-order valence-electron chi connectivity index (χ1n) is 25.5. The Kier molecular flexibility index (Phi) is 14.2. The maximum Gasteiger partial charge on any atom is 0.341 e. The Bertz CT molecular complexity index is 2090. The van der Waals surface area contributed by atoms with E-state index in [4.69, 9.17) is 42.6 Å². The van der Waals surface area contributed by atoms with Gasteiger partial charge in [0.05, 0.1) is 37.1 Å². The lowest BCUT2D eigenvalue weighted by atomic mass is 9.47. The smallest absolute Gasteiger partial charge is 0.341 e. The van der Waals surface area contributed by atoms with Crippen LogP contribution in [0.2, 0.25) is 0 Å². The van der Waals surface area contributed by atoms with Gasteiger partial charge >= 0.3 is 5.97 Å². The van der Waals surface area contributed by atoms with E-state index < -0.39 is 134 Å². The molecule has 25 atom stereocenters. The predicted molar refractivity (Wildman–Crippen MR) is 238 cm³/mol. The predicted octanol–water partition coefficient (Wildman–Crippen LogP) is 3.00. The number of benzene rings is 1. The molecule has 17 nitrogen and oxygen atoms in total. The van der Waals surface area contributed by atoms with E-state index in [9.17, 15) is 49.3 Å². The molecule has 0 radical (unpaired) electrons. The molecule has 10 rings (SSSR count). The van der Waals surface area contributed by atoms with E-state index in [1.165, 1.54) is 12.5 Å². The summed E-state index contributed by atoms with van der Waals surface area (Å²) >= 11 is 0. The number of carbonyl (C=O) groups excluding carboxylic acids is 1.